The Morgan fingerprint density at radius 3 is 2.61 bits per heavy atom. The number of aryl methyl sites for hydroxylation is 1. The second kappa shape index (κ2) is 11.4. The summed E-state index contributed by atoms with van der Waals surface area (Å²) < 4.78 is 13.3. The van der Waals surface area contributed by atoms with Crippen molar-refractivity contribution in [1.82, 2.24) is 14.9 Å². The lowest BCUT2D eigenvalue weighted by molar-refractivity contribution is -0.125. The van der Waals surface area contributed by atoms with E-state index in [1.807, 2.05) is 42.5 Å². The molecule has 0 spiro atoms. The van der Waals surface area contributed by atoms with Gasteiger partial charge in [0, 0.05) is 18.5 Å². The third-order valence-corrected chi connectivity index (χ3v) is 5.60. The fourth-order valence-corrected chi connectivity index (χ4v) is 3.73. The third kappa shape index (κ3) is 6.00. The third-order valence-electron chi connectivity index (χ3n) is 5.60. The highest BCUT2D eigenvalue weighted by Crippen LogP contribution is 2.20. The average Bonchev–Trinajstić information content (AvgIpc) is 3.16. The Bertz CT molecular complexity index is 979. The van der Waals surface area contributed by atoms with E-state index in [4.69, 9.17) is 14.5 Å². The van der Waals surface area contributed by atoms with Crippen LogP contribution < -0.4 is 14.8 Å². The maximum absolute atomic E-state index is 12.4. The summed E-state index contributed by atoms with van der Waals surface area (Å²) in [4.78, 5) is 17.2. The topological polar surface area (TPSA) is 65.4 Å². The SMILES string of the molecule is CCC(CC)C(=O)NCc1nc2ccccc2n1CCCCOc1cccc(OC)c1. The number of para-hydroxylation sites is 2. The predicted octanol–water partition coefficient (Wildman–Crippen LogP) is 4.96. The quantitative estimate of drug-likeness (QED) is 0.418. The van der Waals surface area contributed by atoms with Crippen LogP contribution in [0.2, 0.25) is 0 Å². The molecule has 0 atom stereocenters. The molecule has 1 N–H and O–H groups in total. The molecule has 0 fully saturated rings. The number of nitrogens with one attached hydrogen (secondary N) is 1. The summed E-state index contributed by atoms with van der Waals surface area (Å²) in [5, 5.41) is 3.08. The van der Waals surface area contributed by atoms with Gasteiger partial charge in [0.05, 0.1) is 31.3 Å². The molecule has 0 aliphatic carbocycles. The maximum atomic E-state index is 12.4. The Balaban J connectivity index is 1.58. The summed E-state index contributed by atoms with van der Waals surface area (Å²) in [6.45, 7) is 6.02. The van der Waals surface area contributed by atoms with E-state index in [0.29, 0.717) is 13.2 Å². The summed E-state index contributed by atoms with van der Waals surface area (Å²) in [6.07, 6.45) is 3.58. The van der Waals surface area contributed by atoms with E-state index in [2.05, 4.69) is 29.8 Å². The van der Waals surface area contributed by atoms with E-state index in [-0.39, 0.29) is 11.8 Å². The van der Waals surface area contributed by atoms with Crippen molar-refractivity contribution in [3.8, 4) is 11.5 Å². The molecule has 2 aromatic carbocycles. The lowest BCUT2D eigenvalue weighted by Crippen LogP contribution is -2.30. The van der Waals surface area contributed by atoms with Crippen LogP contribution >= 0.6 is 0 Å². The van der Waals surface area contributed by atoms with Gasteiger partial charge in [-0.1, -0.05) is 32.0 Å². The van der Waals surface area contributed by atoms with Crippen LogP contribution in [-0.2, 0) is 17.9 Å². The highest BCUT2D eigenvalue weighted by molar-refractivity contribution is 5.79. The number of nitrogens with zero attached hydrogens (tertiary/aromatic N) is 2. The minimum atomic E-state index is 0.0617. The molecule has 0 aliphatic rings. The van der Waals surface area contributed by atoms with Gasteiger partial charge in [-0.15, -0.1) is 0 Å². The minimum absolute atomic E-state index is 0.0617. The summed E-state index contributed by atoms with van der Waals surface area (Å²) in [7, 11) is 1.65. The van der Waals surface area contributed by atoms with Gasteiger partial charge in [-0.3, -0.25) is 4.79 Å². The van der Waals surface area contributed by atoms with Crippen LogP contribution in [0, 0.1) is 5.92 Å². The van der Waals surface area contributed by atoms with Crippen molar-refractivity contribution in [2.24, 2.45) is 5.92 Å². The first kappa shape index (κ1) is 22.7. The van der Waals surface area contributed by atoms with Crippen LogP contribution in [0.15, 0.2) is 48.5 Å². The standard InChI is InChI=1S/C25H33N3O3/c1-4-19(5-2)25(29)26-18-24-27-22-13-6-7-14-23(22)28(24)15-8-9-16-31-21-12-10-11-20(17-21)30-3/h6-7,10-14,17,19H,4-5,8-9,15-16,18H2,1-3H3,(H,26,29). The Hall–Kier alpha value is -3.02. The summed E-state index contributed by atoms with van der Waals surface area (Å²) in [5.74, 6) is 2.68. The molecule has 0 aliphatic heterocycles. The molecule has 3 rings (SSSR count). The smallest absolute Gasteiger partial charge is 0.223 e. The van der Waals surface area contributed by atoms with Gasteiger partial charge in [-0.05, 0) is 49.9 Å². The van der Waals surface area contributed by atoms with E-state index in [1.165, 1.54) is 0 Å². The Morgan fingerprint density at radius 2 is 1.84 bits per heavy atom. The first-order valence-electron chi connectivity index (χ1n) is 11.1. The number of carbonyl (C=O) groups excluding carboxylic acids is 1. The molecule has 166 valence electrons. The lowest BCUT2D eigenvalue weighted by atomic mass is 10.0. The van der Waals surface area contributed by atoms with Crippen molar-refractivity contribution in [3.05, 3.63) is 54.4 Å². The highest BCUT2D eigenvalue weighted by Gasteiger charge is 2.16. The van der Waals surface area contributed by atoms with Crippen LogP contribution in [0.4, 0.5) is 0 Å². The second-order valence-electron chi connectivity index (χ2n) is 7.63. The number of aromatic nitrogens is 2. The van der Waals surface area contributed by atoms with Crippen molar-refractivity contribution >= 4 is 16.9 Å². The van der Waals surface area contributed by atoms with Gasteiger partial charge in [0.1, 0.15) is 17.3 Å². The zero-order valence-electron chi connectivity index (χ0n) is 18.8. The van der Waals surface area contributed by atoms with E-state index in [1.54, 1.807) is 7.11 Å². The fraction of sp³-hybridized carbons (Fsp3) is 0.440. The summed E-state index contributed by atoms with van der Waals surface area (Å²) in [6, 6.07) is 15.8. The minimum Gasteiger partial charge on any atom is -0.497 e. The number of rotatable bonds is 12. The molecule has 1 aromatic heterocycles. The number of carbonyl (C=O) groups is 1. The van der Waals surface area contributed by atoms with Gasteiger partial charge in [-0.25, -0.2) is 4.98 Å². The van der Waals surface area contributed by atoms with Crippen molar-refractivity contribution < 1.29 is 14.3 Å². The number of unbranched alkanes of at least 4 members (excludes halogenated alkanes) is 1. The summed E-state index contributed by atoms with van der Waals surface area (Å²) in [5.41, 5.74) is 2.06. The molecule has 0 radical (unpaired) electrons. The Labute approximate surface area is 184 Å². The molecule has 0 unspecified atom stereocenters. The van der Waals surface area contributed by atoms with Gasteiger partial charge in [-0.2, -0.15) is 0 Å². The van der Waals surface area contributed by atoms with Crippen LogP contribution in [0.5, 0.6) is 11.5 Å². The van der Waals surface area contributed by atoms with Gasteiger partial charge >= 0.3 is 0 Å². The highest BCUT2D eigenvalue weighted by atomic mass is 16.5. The number of ether oxygens (including phenoxy) is 2. The molecule has 6 nitrogen and oxygen atoms in total. The first-order chi connectivity index (χ1) is 15.2. The number of hydrogen-bond acceptors (Lipinski definition) is 4. The number of hydrogen-bond donors (Lipinski definition) is 1. The van der Waals surface area contributed by atoms with Crippen LogP contribution in [0.3, 0.4) is 0 Å². The Morgan fingerprint density at radius 1 is 1.06 bits per heavy atom. The van der Waals surface area contributed by atoms with Crippen molar-refractivity contribution in [2.75, 3.05) is 13.7 Å². The number of methoxy groups -OCH3 is 1. The monoisotopic (exact) mass is 423 g/mol. The van der Waals surface area contributed by atoms with Crippen molar-refractivity contribution in [2.45, 2.75) is 52.6 Å². The molecular weight excluding hydrogens is 390 g/mol. The largest absolute Gasteiger partial charge is 0.497 e. The van der Waals surface area contributed by atoms with Crippen LogP contribution in [0.25, 0.3) is 11.0 Å². The summed E-state index contributed by atoms with van der Waals surface area (Å²) >= 11 is 0. The number of amides is 1. The number of fused-ring (bicyclic) bond motifs is 1. The zero-order valence-corrected chi connectivity index (χ0v) is 18.8. The van der Waals surface area contributed by atoms with Gasteiger partial charge in [0.25, 0.3) is 0 Å². The predicted molar refractivity (Wildman–Crippen MR) is 123 cm³/mol. The van der Waals surface area contributed by atoms with Gasteiger partial charge < -0.3 is 19.4 Å². The fourth-order valence-electron chi connectivity index (χ4n) is 3.73. The molecule has 6 heteroatoms. The molecule has 1 heterocycles. The maximum Gasteiger partial charge on any atom is 0.223 e. The van der Waals surface area contributed by atoms with Crippen LogP contribution in [-0.4, -0.2) is 29.2 Å². The molecule has 0 saturated carbocycles. The molecule has 31 heavy (non-hydrogen) atoms. The van der Waals surface area contributed by atoms with E-state index in [0.717, 1.165) is 60.6 Å². The average molecular weight is 424 g/mol. The van der Waals surface area contributed by atoms with Crippen LogP contribution in [0.1, 0.15) is 45.4 Å². The van der Waals surface area contributed by atoms with Gasteiger partial charge in [0.15, 0.2) is 0 Å². The molecule has 0 saturated heterocycles. The van der Waals surface area contributed by atoms with E-state index < -0.39 is 0 Å². The number of benzene rings is 2. The molecule has 1 amide bonds. The normalized spacial score (nSPS) is 11.1. The van der Waals surface area contributed by atoms with E-state index >= 15 is 0 Å². The molecule has 3 aromatic rings. The molecular formula is C25H33N3O3. The zero-order chi connectivity index (χ0) is 22.1. The number of imidazole rings is 1. The van der Waals surface area contributed by atoms with Gasteiger partial charge in [0.2, 0.25) is 5.91 Å². The van der Waals surface area contributed by atoms with Crippen molar-refractivity contribution in [1.29, 1.82) is 0 Å². The molecule has 0 bridgehead atoms. The lowest BCUT2D eigenvalue weighted by Gasteiger charge is -2.14. The Kier molecular flexibility index (Phi) is 8.33. The first-order valence-corrected chi connectivity index (χ1v) is 11.1. The van der Waals surface area contributed by atoms with Crippen molar-refractivity contribution in [3.63, 3.8) is 0 Å². The second-order valence-corrected chi connectivity index (χ2v) is 7.63. The van der Waals surface area contributed by atoms with E-state index in [9.17, 15) is 4.79 Å².